The minimum Gasteiger partial charge on any atom is -0.393 e. The van der Waals surface area contributed by atoms with Gasteiger partial charge in [0.2, 0.25) is 0 Å². The summed E-state index contributed by atoms with van der Waals surface area (Å²) < 4.78 is 0. The number of aliphatic hydroxyl groups excluding tert-OH is 1. The van der Waals surface area contributed by atoms with E-state index in [2.05, 4.69) is 13.8 Å². The minimum atomic E-state index is -1.07. The molecule has 4 rings (SSSR count). The van der Waals surface area contributed by atoms with Crippen LogP contribution in [0, 0.1) is 28.6 Å². The first-order valence-electron chi connectivity index (χ1n) is 12.8. The van der Waals surface area contributed by atoms with Gasteiger partial charge in [0.15, 0.2) is 5.78 Å². The Hall–Kier alpha value is -0.750. The molecule has 3 saturated carbocycles. The van der Waals surface area contributed by atoms with Crippen LogP contribution in [0.3, 0.4) is 0 Å². The normalized spacial score (nSPS) is 46.0. The lowest BCUT2D eigenvalue weighted by Gasteiger charge is -2.60. The van der Waals surface area contributed by atoms with Crippen LogP contribution >= 0.6 is 0 Å². The van der Waals surface area contributed by atoms with Crippen molar-refractivity contribution >= 4 is 5.78 Å². The molecule has 0 bridgehead atoms. The van der Waals surface area contributed by atoms with Gasteiger partial charge >= 0.3 is 0 Å². The topological polar surface area (TPSA) is 98.0 Å². The number of ketones is 1. The molecule has 0 aliphatic heterocycles. The fraction of sp³-hybridized carbons (Fsp3) is 0.889. The summed E-state index contributed by atoms with van der Waals surface area (Å²) in [6.07, 6.45) is 8.41. The highest BCUT2D eigenvalue weighted by molar-refractivity contribution is 5.95. The maximum absolute atomic E-state index is 13.2. The lowest BCUT2D eigenvalue weighted by atomic mass is 9.46. The van der Waals surface area contributed by atoms with Crippen LogP contribution in [0.25, 0.3) is 0 Å². The minimum absolute atomic E-state index is 0.0579. The zero-order valence-corrected chi connectivity index (χ0v) is 20.7. The van der Waals surface area contributed by atoms with Crippen molar-refractivity contribution in [3.05, 3.63) is 11.6 Å². The van der Waals surface area contributed by atoms with Crippen molar-refractivity contribution in [1.29, 1.82) is 0 Å². The highest BCUT2D eigenvalue weighted by Crippen LogP contribution is 2.68. The lowest BCUT2D eigenvalue weighted by Crippen LogP contribution is -2.60. The molecule has 3 fully saturated rings. The molecule has 0 saturated heterocycles. The average molecular weight is 449 g/mol. The Kier molecular flexibility index (Phi) is 5.81. The molecule has 0 amide bonds. The van der Waals surface area contributed by atoms with E-state index in [-0.39, 0.29) is 29.0 Å². The molecule has 4 aliphatic carbocycles. The summed E-state index contributed by atoms with van der Waals surface area (Å²) in [4.78, 5) is 13.2. The first kappa shape index (κ1) is 24.4. The molecule has 8 atom stereocenters. The second-order valence-electron chi connectivity index (χ2n) is 13.0. The molecule has 0 spiro atoms. The van der Waals surface area contributed by atoms with Crippen molar-refractivity contribution in [3.8, 4) is 0 Å². The SMILES string of the molecule is CC(C)(O)CCCC(C)(O)C1CCC2(O)C3=CC(=O)C4CC(O)CCC4(C)C3CCC12C. The molecule has 182 valence electrons. The van der Waals surface area contributed by atoms with Gasteiger partial charge in [0.1, 0.15) is 0 Å². The highest BCUT2D eigenvalue weighted by Gasteiger charge is 2.67. The van der Waals surface area contributed by atoms with E-state index in [1.807, 2.05) is 6.92 Å². The predicted octanol–water partition coefficient (Wildman–Crippen LogP) is 3.91. The van der Waals surface area contributed by atoms with Crippen molar-refractivity contribution in [1.82, 2.24) is 0 Å². The predicted molar refractivity (Wildman–Crippen MR) is 124 cm³/mol. The average Bonchev–Trinajstić information content (AvgIpc) is 2.95. The van der Waals surface area contributed by atoms with Crippen LogP contribution in [0.5, 0.6) is 0 Å². The van der Waals surface area contributed by atoms with Gasteiger partial charge < -0.3 is 20.4 Å². The van der Waals surface area contributed by atoms with Gasteiger partial charge in [0.05, 0.1) is 22.9 Å². The van der Waals surface area contributed by atoms with Crippen molar-refractivity contribution in [2.24, 2.45) is 28.6 Å². The van der Waals surface area contributed by atoms with Crippen LogP contribution in [0.2, 0.25) is 0 Å². The Bertz CT molecular complexity index is 794. The van der Waals surface area contributed by atoms with Crippen LogP contribution in [-0.4, -0.2) is 49.1 Å². The van der Waals surface area contributed by atoms with Crippen molar-refractivity contribution in [3.63, 3.8) is 0 Å². The molecule has 0 radical (unpaired) electrons. The first-order chi connectivity index (χ1) is 14.6. The van der Waals surface area contributed by atoms with E-state index in [0.717, 1.165) is 44.1 Å². The number of fused-ring (bicyclic) bond motifs is 5. The van der Waals surface area contributed by atoms with E-state index in [4.69, 9.17) is 0 Å². The lowest BCUT2D eigenvalue weighted by molar-refractivity contribution is -0.150. The van der Waals surface area contributed by atoms with E-state index in [9.17, 15) is 25.2 Å². The van der Waals surface area contributed by atoms with Gasteiger partial charge in [0, 0.05) is 11.3 Å². The summed E-state index contributed by atoms with van der Waals surface area (Å²) in [6, 6.07) is 0. The van der Waals surface area contributed by atoms with Crippen molar-refractivity contribution in [2.75, 3.05) is 0 Å². The molecule has 0 aromatic rings. The smallest absolute Gasteiger partial charge is 0.159 e. The molecule has 5 heteroatoms. The zero-order chi connectivity index (χ0) is 23.7. The van der Waals surface area contributed by atoms with Gasteiger partial charge in [-0.05, 0) is 114 Å². The third kappa shape index (κ3) is 3.62. The molecule has 32 heavy (non-hydrogen) atoms. The van der Waals surface area contributed by atoms with Gasteiger partial charge in [-0.15, -0.1) is 0 Å². The maximum atomic E-state index is 13.2. The van der Waals surface area contributed by atoms with Crippen molar-refractivity contribution < 1.29 is 25.2 Å². The van der Waals surface area contributed by atoms with Crippen molar-refractivity contribution in [2.45, 2.75) is 122 Å². The quantitative estimate of drug-likeness (QED) is 0.511. The largest absolute Gasteiger partial charge is 0.393 e. The molecule has 4 aliphatic rings. The summed E-state index contributed by atoms with van der Waals surface area (Å²) in [5, 5.41) is 44.0. The Labute approximate surface area is 193 Å². The van der Waals surface area contributed by atoms with Crippen LogP contribution in [0.4, 0.5) is 0 Å². The highest BCUT2D eigenvalue weighted by atomic mass is 16.3. The van der Waals surface area contributed by atoms with Gasteiger partial charge in [-0.1, -0.05) is 13.8 Å². The molecule has 0 aromatic carbocycles. The van der Waals surface area contributed by atoms with Gasteiger partial charge in [-0.25, -0.2) is 0 Å². The van der Waals surface area contributed by atoms with Gasteiger partial charge in [0.25, 0.3) is 0 Å². The second-order valence-corrected chi connectivity index (χ2v) is 13.0. The maximum Gasteiger partial charge on any atom is 0.159 e. The van der Waals surface area contributed by atoms with E-state index < -0.39 is 28.3 Å². The number of carbonyl (C=O) groups excluding carboxylic acids is 1. The standard InChI is InChI=1S/C27H44O5/c1-23(2,30)10-6-11-26(5,31)22-9-14-27(32)19-16-21(29)20-15-17(28)7-12-24(20,3)18(19)8-13-25(22,27)4/h16-18,20,22,28,30-32H,6-15H2,1-5H3. The summed E-state index contributed by atoms with van der Waals surface area (Å²) in [6.45, 7) is 9.80. The molecule has 0 heterocycles. The fourth-order valence-electron chi connectivity index (χ4n) is 8.37. The third-order valence-corrected chi connectivity index (χ3v) is 10.3. The van der Waals surface area contributed by atoms with Crippen LogP contribution in [0.1, 0.15) is 98.8 Å². The van der Waals surface area contributed by atoms with Gasteiger partial charge in [-0.3, -0.25) is 4.79 Å². The Morgan fingerprint density at radius 1 is 1.00 bits per heavy atom. The zero-order valence-electron chi connectivity index (χ0n) is 20.7. The molecular weight excluding hydrogens is 404 g/mol. The number of rotatable bonds is 5. The van der Waals surface area contributed by atoms with Crippen LogP contribution < -0.4 is 0 Å². The monoisotopic (exact) mass is 448 g/mol. The molecule has 4 N–H and O–H groups in total. The number of carbonyl (C=O) groups is 1. The van der Waals surface area contributed by atoms with E-state index in [0.29, 0.717) is 25.7 Å². The Morgan fingerprint density at radius 3 is 2.34 bits per heavy atom. The number of hydrogen-bond donors (Lipinski definition) is 4. The van der Waals surface area contributed by atoms with E-state index in [1.54, 1.807) is 19.9 Å². The summed E-state index contributed by atoms with van der Waals surface area (Å²) >= 11 is 0. The number of aliphatic hydroxyl groups is 4. The summed E-state index contributed by atoms with van der Waals surface area (Å²) in [5.41, 5.74) is -2.53. The summed E-state index contributed by atoms with van der Waals surface area (Å²) in [7, 11) is 0. The fourth-order valence-corrected chi connectivity index (χ4v) is 8.37. The molecule has 8 unspecified atom stereocenters. The van der Waals surface area contributed by atoms with Crippen LogP contribution in [0.15, 0.2) is 11.6 Å². The number of allylic oxidation sites excluding steroid dienone is 1. The van der Waals surface area contributed by atoms with E-state index >= 15 is 0 Å². The van der Waals surface area contributed by atoms with Crippen LogP contribution in [-0.2, 0) is 4.79 Å². The summed E-state index contributed by atoms with van der Waals surface area (Å²) in [5.74, 6) is 0.0118. The second kappa shape index (κ2) is 7.63. The Balaban J connectivity index is 1.63. The molecular formula is C27H44O5. The Morgan fingerprint density at radius 2 is 1.69 bits per heavy atom. The molecule has 5 nitrogen and oxygen atoms in total. The molecule has 0 aromatic heterocycles. The number of hydrogen-bond acceptors (Lipinski definition) is 5. The third-order valence-electron chi connectivity index (χ3n) is 10.3. The first-order valence-corrected chi connectivity index (χ1v) is 12.8. The van der Waals surface area contributed by atoms with Gasteiger partial charge in [-0.2, -0.15) is 0 Å². The van der Waals surface area contributed by atoms with E-state index in [1.165, 1.54) is 0 Å².